The van der Waals surface area contributed by atoms with Gasteiger partial charge in [-0.2, -0.15) is 0 Å². The summed E-state index contributed by atoms with van der Waals surface area (Å²) in [4.78, 5) is 14.1. The first kappa shape index (κ1) is 15.2. The van der Waals surface area contributed by atoms with Crippen LogP contribution in [0.1, 0.15) is 31.7 Å². The van der Waals surface area contributed by atoms with E-state index < -0.39 is 5.97 Å². The van der Waals surface area contributed by atoms with Crippen LogP contribution in [-0.2, 0) is 11.2 Å². The molecule has 0 saturated carbocycles. The van der Waals surface area contributed by atoms with Crippen molar-refractivity contribution < 1.29 is 9.90 Å². The highest BCUT2D eigenvalue weighted by molar-refractivity contribution is 8.03. The number of rotatable bonds is 3. The lowest BCUT2D eigenvalue weighted by Gasteiger charge is -2.27. The van der Waals surface area contributed by atoms with Gasteiger partial charge in [-0.1, -0.05) is 48.2 Å². The minimum Gasteiger partial charge on any atom is -0.478 e. The molecule has 0 spiro atoms. The van der Waals surface area contributed by atoms with Gasteiger partial charge in [-0.15, -0.1) is 0 Å². The second-order valence-electron chi connectivity index (χ2n) is 5.67. The molecule has 0 amide bonds. The standard InChI is InChI=1S/C19H20O2S/c1-2-14(15-8-4-5-9-16(15)19(20)21)18-12-11-13-7-3-6-10-17(13)22-18/h2-3,6-7,9-10,12,15H,4-5,8,11H2,1H3,(H,20,21). The lowest BCUT2D eigenvalue weighted by molar-refractivity contribution is -0.133. The Hall–Kier alpha value is -1.74. The molecule has 3 rings (SSSR count). The molecule has 1 unspecified atom stereocenters. The highest BCUT2D eigenvalue weighted by atomic mass is 32.2. The number of hydrogen-bond donors (Lipinski definition) is 1. The number of carboxylic acid groups (broad SMARTS) is 1. The number of allylic oxidation sites excluding steroid dienone is 4. The SMILES string of the molecule is CC=C(C1=CCc2ccccc2S1)C1CCCC=C1C(=O)O. The van der Waals surface area contributed by atoms with Gasteiger partial charge in [0.05, 0.1) is 0 Å². The van der Waals surface area contributed by atoms with E-state index in [4.69, 9.17) is 0 Å². The number of fused-ring (bicyclic) bond motifs is 1. The fourth-order valence-corrected chi connectivity index (χ4v) is 4.47. The van der Waals surface area contributed by atoms with E-state index in [0.29, 0.717) is 5.57 Å². The van der Waals surface area contributed by atoms with Gasteiger partial charge < -0.3 is 5.11 Å². The van der Waals surface area contributed by atoms with Crippen LogP contribution < -0.4 is 0 Å². The van der Waals surface area contributed by atoms with Crippen LogP contribution in [0.3, 0.4) is 0 Å². The van der Waals surface area contributed by atoms with E-state index in [-0.39, 0.29) is 5.92 Å². The topological polar surface area (TPSA) is 37.3 Å². The van der Waals surface area contributed by atoms with Crippen molar-refractivity contribution in [3.8, 4) is 0 Å². The second kappa shape index (κ2) is 6.57. The zero-order chi connectivity index (χ0) is 15.5. The molecule has 2 nitrogen and oxygen atoms in total. The summed E-state index contributed by atoms with van der Waals surface area (Å²) < 4.78 is 0. The summed E-state index contributed by atoms with van der Waals surface area (Å²) in [6, 6.07) is 8.44. The molecule has 1 aromatic rings. The maximum atomic E-state index is 11.5. The molecule has 0 radical (unpaired) electrons. The van der Waals surface area contributed by atoms with Crippen LogP contribution in [0.25, 0.3) is 0 Å². The first-order chi connectivity index (χ1) is 10.7. The Morgan fingerprint density at radius 3 is 2.91 bits per heavy atom. The normalized spacial score (nSPS) is 21.7. The molecule has 1 aliphatic heterocycles. The maximum Gasteiger partial charge on any atom is 0.331 e. The number of aliphatic carboxylic acids is 1. The van der Waals surface area contributed by atoms with Crippen molar-refractivity contribution in [3.63, 3.8) is 0 Å². The van der Waals surface area contributed by atoms with Crippen LogP contribution in [0, 0.1) is 5.92 Å². The van der Waals surface area contributed by atoms with Crippen molar-refractivity contribution in [2.45, 2.75) is 37.5 Å². The lowest BCUT2D eigenvalue weighted by atomic mass is 9.81. The van der Waals surface area contributed by atoms with Gasteiger partial charge in [0.15, 0.2) is 0 Å². The molecule has 0 aromatic heterocycles. The van der Waals surface area contributed by atoms with Gasteiger partial charge in [0.2, 0.25) is 0 Å². The molecule has 1 atom stereocenters. The number of carbonyl (C=O) groups is 1. The Labute approximate surface area is 135 Å². The first-order valence-corrected chi connectivity index (χ1v) is 8.58. The molecule has 0 bridgehead atoms. The van der Waals surface area contributed by atoms with Gasteiger partial charge >= 0.3 is 5.97 Å². The highest BCUT2D eigenvalue weighted by Gasteiger charge is 2.29. The van der Waals surface area contributed by atoms with E-state index in [9.17, 15) is 9.90 Å². The highest BCUT2D eigenvalue weighted by Crippen LogP contribution is 2.44. The van der Waals surface area contributed by atoms with E-state index in [1.54, 1.807) is 11.8 Å². The molecule has 22 heavy (non-hydrogen) atoms. The number of hydrogen-bond acceptors (Lipinski definition) is 2. The summed E-state index contributed by atoms with van der Waals surface area (Å²) in [5.74, 6) is -0.744. The molecule has 1 aliphatic carbocycles. The number of carboxylic acids is 1. The summed E-state index contributed by atoms with van der Waals surface area (Å²) in [5, 5.41) is 9.49. The Balaban J connectivity index is 1.90. The minimum atomic E-state index is -0.772. The predicted molar refractivity (Wildman–Crippen MR) is 90.9 cm³/mol. The van der Waals surface area contributed by atoms with E-state index in [0.717, 1.165) is 25.7 Å². The Bertz CT molecular complexity index is 682. The number of benzene rings is 1. The lowest BCUT2D eigenvalue weighted by Crippen LogP contribution is -2.19. The molecule has 3 heteroatoms. The van der Waals surface area contributed by atoms with Crippen molar-refractivity contribution in [1.29, 1.82) is 0 Å². The van der Waals surface area contributed by atoms with Crippen molar-refractivity contribution in [1.82, 2.24) is 0 Å². The maximum absolute atomic E-state index is 11.5. The summed E-state index contributed by atoms with van der Waals surface area (Å²) in [6.07, 6.45) is 10.0. The van der Waals surface area contributed by atoms with Crippen molar-refractivity contribution in [2.24, 2.45) is 5.92 Å². The van der Waals surface area contributed by atoms with Crippen molar-refractivity contribution >= 4 is 17.7 Å². The molecular formula is C19H20O2S. The summed E-state index contributed by atoms with van der Waals surface area (Å²) in [6.45, 7) is 2.02. The molecule has 0 fully saturated rings. The zero-order valence-electron chi connectivity index (χ0n) is 12.7. The molecular weight excluding hydrogens is 292 g/mol. The van der Waals surface area contributed by atoms with Crippen LogP contribution in [-0.4, -0.2) is 11.1 Å². The summed E-state index contributed by atoms with van der Waals surface area (Å²) in [7, 11) is 0. The average Bonchev–Trinajstić information content (AvgIpc) is 2.56. The molecule has 1 heterocycles. The van der Waals surface area contributed by atoms with Crippen LogP contribution in [0.15, 0.2) is 63.4 Å². The predicted octanol–water partition coefficient (Wildman–Crippen LogP) is 4.98. The fraction of sp³-hybridized carbons (Fsp3) is 0.316. The Kier molecular flexibility index (Phi) is 4.53. The van der Waals surface area contributed by atoms with Crippen LogP contribution in [0.2, 0.25) is 0 Å². The van der Waals surface area contributed by atoms with Gasteiger partial charge in [0.1, 0.15) is 0 Å². The smallest absolute Gasteiger partial charge is 0.331 e. The Morgan fingerprint density at radius 2 is 2.14 bits per heavy atom. The zero-order valence-corrected chi connectivity index (χ0v) is 13.5. The molecule has 0 saturated heterocycles. The van der Waals surface area contributed by atoms with E-state index >= 15 is 0 Å². The van der Waals surface area contributed by atoms with Gasteiger partial charge in [-0.05, 0) is 49.8 Å². The first-order valence-electron chi connectivity index (χ1n) is 7.76. The molecule has 1 N–H and O–H groups in total. The van der Waals surface area contributed by atoms with E-state index in [2.05, 4.69) is 36.4 Å². The summed E-state index contributed by atoms with van der Waals surface area (Å²) >= 11 is 1.77. The van der Waals surface area contributed by atoms with Crippen LogP contribution >= 0.6 is 11.8 Å². The van der Waals surface area contributed by atoms with E-state index in [1.807, 2.05) is 13.0 Å². The van der Waals surface area contributed by atoms with Crippen molar-refractivity contribution in [3.05, 3.63) is 64.1 Å². The summed E-state index contributed by atoms with van der Waals surface area (Å²) in [5.41, 5.74) is 3.09. The van der Waals surface area contributed by atoms with Gasteiger partial charge in [-0.25, -0.2) is 4.79 Å². The number of thioether (sulfide) groups is 1. The molecule has 2 aliphatic rings. The van der Waals surface area contributed by atoms with Crippen LogP contribution in [0.5, 0.6) is 0 Å². The third-order valence-corrected chi connectivity index (χ3v) is 5.59. The van der Waals surface area contributed by atoms with Crippen molar-refractivity contribution in [2.75, 3.05) is 0 Å². The average molecular weight is 312 g/mol. The largest absolute Gasteiger partial charge is 0.478 e. The third-order valence-electron chi connectivity index (χ3n) is 4.35. The Morgan fingerprint density at radius 1 is 1.32 bits per heavy atom. The monoisotopic (exact) mass is 312 g/mol. The van der Waals surface area contributed by atoms with Gasteiger partial charge in [0.25, 0.3) is 0 Å². The van der Waals surface area contributed by atoms with Crippen LogP contribution in [0.4, 0.5) is 0 Å². The molecule has 1 aromatic carbocycles. The van der Waals surface area contributed by atoms with Gasteiger partial charge in [0, 0.05) is 21.3 Å². The quantitative estimate of drug-likeness (QED) is 0.855. The third kappa shape index (κ3) is 2.91. The van der Waals surface area contributed by atoms with Gasteiger partial charge in [-0.3, -0.25) is 0 Å². The second-order valence-corrected chi connectivity index (χ2v) is 6.76. The molecule has 114 valence electrons. The fourth-order valence-electron chi connectivity index (χ4n) is 3.26. The minimum absolute atomic E-state index is 0.0280. The van der Waals surface area contributed by atoms with E-state index in [1.165, 1.54) is 20.9 Å².